The van der Waals surface area contributed by atoms with Crippen LogP contribution in [0.1, 0.15) is 22.8 Å². The van der Waals surface area contributed by atoms with Crippen molar-refractivity contribution in [1.82, 2.24) is 5.32 Å². The number of carbonyl (C=O) groups excluding carboxylic acids is 4. The van der Waals surface area contributed by atoms with Crippen molar-refractivity contribution in [3.63, 3.8) is 0 Å². The maximum Gasteiger partial charge on any atom is 0.417 e. The quantitative estimate of drug-likeness (QED) is 0.514. The highest BCUT2D eigenvalue weighted by Crippen LogP contribution is 2.32. The molecule has 0 spiro atoms. The van der Waals surface area contributed by atoms with Crippen molar-refractivity contribution in [2.24, 2.45) is 17.6 Å². The first-order valence-electron chi connectivity index (χ1n) is 7.87. The van der Waals surface area contributed by atoms with E-state index in [1.54, 1.807) is 0 Å². The van der Waals surface area contributed by atoms with E-state index in [1.165, 1.54) is 13.0 Å². The number of methoxy groups -OCH3 is 2. The number of alkyl halides is 3. The van der Waals surface area contributed by atoms with Crippen LogP contribution in [0.3, 0.4) is 0 Å². The fraction of sp³-hybridized carbons (Fsp3) is 0.412. The number of hydrogen-bond acceptors (Lipinski definition) is 6. The predicted octanol–water partition coefficient (Wildman–Crippen LogP) is 0.887. The van der Waals surface area contributed by atoms with Crippen molar-refractivity contribution in [3.8, 4) is 0 Å². The molecule has 2 atom stereocenters. The number of nitrogens with one attached hydrogen (secondary N) is 1. The minimum absolute atomic E-state index is 0.698. The van der Waals surface area contributed by atoms with Crippen LogP contribution in [0.15, 0.2) is 24.3 Å². The van der Waals surface area contributed by atoms with Gasteiger partial charge in [-0.25, -0.2) is 0 Å². The zero-order valence-corrected chi connectivity index (χ0v) is 15.2. The summed E-state index contributed by atoms with van der Waals surface area (Å²) in [7, 11) is 1.98. The Morgan fingerprint density at radius 1 is 1.04 bits per heavy atom. The lowest BCUT2D eigenvalue weighted by molar-refractivity contribution is -0.162. The molecule has 1 rings (SSSR count). The van der Waals surface area contributed by atoms with E-state index in [2.05, 4.69) is 14.8 Å². The van der Waals surface area contributed by atoms with Gasteiger partial charge in [0.15, 0.2) is 5.92 Å². The largest absolute Gasteiger partial charge is 0.468 e. The second-order valence-electron chi connectivity index (χ2n) is 5.78. The first kappa shape index (κ1) is 22.9. The summed E-state index contributed by atoms with van der Waals surface area (Å²) in [5, 5.41) is 2.05. The lowest BCUT2D eigenvalue weighted by Gasteiger charge is -2.27. The molecule has 3 N–H and O–H groups in total. The summed E-state index contributed by atoms with van der Waals surface area (Å²) < 4.78 is 48.3. The van der Waals surface area contributed by atoms with Gasteiger partial charge in [0.05, 0.1) is 25.3 Å². The maximum absolute atomic E-state index is 13.1. The number of ether oxygens (including phenoxy) is 2. The molecule has 0 bridgehead atoms. The standard InChI is InChI=1S/C17H19F3N2O6/c1-8(11(15(25)27-2)16(26)28-3)12(13(21)23)22-14(24)9-6-4-5-7-10(9)17(18,19)20/h4-8,11-12H,1-3H3,(H2,21,23)(H,22,24)/t8-,12-/m0/s1. The van der Waals surface area contributed by atoms with Crippen LogP contribution in [0.5, 0.6) is 0 Å². The first-order valence-corrected chi connectivity index (χ1v) is 7.87. The van der Waals surface area contributed by atoms with Gasteiger partial charge < -0.3 is 20.5 Å². The smallest absolute Gasteiger partial charge is 0.417 e. The Balaban J connectivity index is 3.24. The number of primary amides is 1. The van der Waals surface area contributed by atoms with Gasteiger partial charge in [-0.15, -0.1) is 0 Å². The molecule has 0 saturated heterocycles. The van der Waals surface area contributed by atoms with E-state index in [1.807, 2.05) is 0 Å². The minimum Gasteiger partial charge on any atom is -0.468 e. The molecular formula is C17H19F3N2O6. The normalized spacial score (nSPS) is 13.4. The summed E-state index contributed by atoms with van der Waals surface area (Å²) in [5.41, 5.74) is 3.26. The number of esters is 2. The van der Waals surface area contributed by atoms with Crippen LogP contribution >= 0.6 is 0 Å². The van der Waals surface area contributed by atoms with Crippen LogP contribution in [-0.4, -0.2) is 44.0 Å². The molecule has 0 aliphatic carbocycles. The Labute approximate surface area is 158 Å². The Kier molecular flexibility index (Phi) is 7.53. The average molecular weight is 404 g/mol. The molecule has 154 valence electrons. The lowest BCUT2D eigenvalue weighted by Crippen LogP contribution is -2.53. The van der Waals surface area contributed by atoms with Gasteiger partial charge in [-0.3, -0.25) is 19.2 Å². The highest BCUT2D eigenvalue weighted by molar-refractivity contribution is 6.00. The highest BCUT2D eigenvalue weighted by Gasteiger charge is 2.42. The average Bonchev–Trinajstić information content (AvgIpc) is 2.64. The van der Waals surface area contributed by atoms with Crippen molar-refractivity contribution < 1.29 is 41.8 Å². The summed E-state index contributed by atoms with van der Waals surface area (Å²) in [5.74, 6) is -7.43. The number of benzene rings is 1. The van der Waals surface area contributed by atoms with E-state index in [9.17, 15) is 32.3 Å². The fourth-order valence-electron chi connectivity index (χ4n) is 2.58. The molecule has 0 unspecified atom stereocenters. The number of halogens is 3. The van der Waals surface area contributed by atoms with Crippen molar-refractivity contribution in [1.29, 1.82) is 0 Å². The highest BCUT2D eigenvalue weighted by atomic mass is 19.4. The van der Waals surface area contributed by atoms with E-state index in [0.29, 0.717) is 6.07 Å². The van der Waals surface area contributed by atoms with E-state index in [0.717, 1.165) is 26.4 Å². The van der Waals surface area contributed by atoms with Gasteiger partial charge in [0, 0.05) is 5.92 Å². The summed E-state index contributed by atoms with van der Waals surface area (Å²) >= 11 is 0. The summed E-state index contributed by atoms with van der Waals surface area (Å²) in [6.07, 6.45) is -4.82. The van der Waals surface area contributed by atoms with E-state index in [-0.39, 0.29) is 0 Å². The summed E-state index contributed by atoms with van der Waals surface area (Å²) in [6.45, 7) is 1.23. The molecule has 0 fully saturated rings. The second-order valence-corrected chi connectivity index (χ2v) is 5.78. The molecule has 0 aliphatic rings. The fourth-order valence-corrected chi connectivity index (χ4v) is 2.58. The third-order valence-corrected chi connectivity index (χ3v) is 4.03. The van der Waals surface area contributed by atoms with Gasteiger partial charge in [0.2, 0.25) is 5.91 Å². The van der Waals surface area contributed by atoms with Crippen molar-refractivity contribution in [3.05, 3.63) is 35.4 Å². The van der Waals surface area contributed by atoms with Crippen LogP contribution in [0.4, 0.5) is 13.2 Å². The van der Waals surface area contributed by atoms with Crippen molar-refractivity contribution in [2.45, 2.75) is 19.1 Å². The van der Waals surface area contributed by atoms with E-state index < -0.39 is 58.9 Å². The van der Waals surface area contributed by atoms with E-state index in [4.69, 9.17) is 5.73 Å². The number of rotatable bonds is 7. The Hall–Kier alpha value is -3.11. The molecule has 0 aliphatic heterocycles. The van der Waals surface area contributed by atoms with Gasteiger partial charge in [-0.05, 0) is 12.1 Å². The second kappa shape index (κ2) is 9.20. The van der Waals surface area contributed by atoms with E-state index >= 15 is 0 Å². The Morgan fingerprint density at radius 2 is 1.54 bits per heavy atom. The van der Waals surface area contributed by atoms with Gasteiger partial charge in [0.1, 0.15) is 6.04 Å². The monoisotopic (exact) mass is 404 g/mol. The SMILES string of the molecule is COC(=O)C(C(=O)OC)[C@H](C)[C@H](NC(=O)c1ccccc1C(F)(F)F)C(N)=O. The van der Waals surface area contributed by atoms with Crippen LogP contribution in [0.2, 0.25) is 0 Å². The molecule has 0 aromatic heterocycles. The van der Waals surface area contributed by atoms with Gasteiger partial charge in [-0.1, -0.05) is 19.1 Å². The molecule has 2 amide bonds. The third-order valence-electron chi connectivity index (χ3n) is 4.03. The lowest BCUT2D eigenvalue weighted by atomic mass is 9.86. The molecule has 8 nitrogen and oxygen atoms in total. The summed E-state index contributed by atoms with van der Waals surface area (Å²) in [4.78, 5) is 47.9. The zero-order chi connectivity index (χ0) is 21.6. The molecule has 1 aromatic rings. The number of nitrogens with two attached hydrogens (primary N) is 1. The molecule has 0 heterocycles. The number of hydrogen-bond donors (Lipinski definition) is 2. The topological polar surface area (TPSA) is 125 Å². The van der Waals surface area contributed by atoms with Gasteiger partial charge in [-0.2, -0.15) is 13.2 Å². The van der Waals surface area contributed by atoms with Gasteiger partial charge in [0.25, 0.3) is 5.91 Å². The molecule has 11 heteroatoms. The van der Waals surface area contributed by atoms with Gasteiger partial charge >= 0.3 is 18.1 Å². The van der Waals surface area contributed by atoms with Crippen molar-refractivity contribution in [2.75, 3.05) is 14.2 Å². The van der Waals surface area contributed by atoms with Crippen molar-refractivity contribution >= 4 is 23.8 Å². The number of amides is 2. The minimum atomic E-state index is -4.82. The van der Waals surface area contributed by atoms with Crippen LogP contribution in [-0.2, 0) is 30.0 Å². The first-order chi connectivity index (χ1) is 12.9. The molecule has 0 radical (unpaired) electrons. The maximum atomic E-state index is 13.1. The predicted molar refractivity (Wildman–Crippen MR) is 88.6 cm³/mol. The van der Waals surface area contributed by atoms with Crippen LogP contribution in [0, 0.1) is 11.8 Å². The molecule has 1 aromatic carbocycles. The molecule has 28 heavy (non-hydrogen) atoms. The van der Waals surface area contributed by atoms with Crippen LogP contribution in [0.25, 0.3) is 0 Å². The molecular weight excluding hydrogens is 385 g/mol. The third kappa shape index (κ3) is 5.21. The molecule has 0 saturated carbocycles. The Morgan fingerprint density at radius 3 is 1.96 bits per heavy atom. The Bertz CT molecular complexity index is 750. The zero-order valence-electron chi connectivity index (χ0n) is 15.2. The van der Waals surface area contributed by atoms with Crippen LogP contribution < -0.4 is 11.1 Å². The number of carbonyl (C=O) groups is 4. The summed E-state index contributed by atoms with van der Waals surface area (Å²) in [6, 6.07) is 2.26.